The summed E-state index contributed by atoms with van der Waals surface area (Å²) < 4.78 is 12.9. The first-order chi connectivity index (χ1) is 13.2. The number of nitrogens with one attached hydrogen (secondary N) is 1. The van der Waals surface area contributed by atoms with E-state index in [-0.39, 0.29) is 18.4 Å². The van der Waals surface area contributed by atoms with Crippen molar-refractivity contribution in [1.29, 1.82) is 0 Å². The quantitative estimate of drug-likeness (QED) is 0.549. The molecule has 0 atom stereocenters. The average molecular weight is 405 g/mol. The van der Waals surface area contributed by atoms with E-state index in [1.807, 2.05) is 48.5 Å². The molecule has 0 radical (unpaired) electrons. The van der Waals surface area contributed by atoms with Gasteiger partial charge in [0.05, 0.1) is 12.8 Å². The minimum atomic E-state index is 0. The van der Waals surface area contributed by atoms with Gasteiger partial charge in [-0.1, -0.05) is 29.4 Å². The Hall–Kier alpha value is -2.68. The first kappa shape index (κ1) is 21.6. The van der Waals surface area contributed by atoms with Crippen LogP contribution in [0.15, 0.2) is 48.5 Å². The topological polar surface area (TPSA) is 77.3 Å². The maximum atomic E-state index is 5.91. The number of hydrogen-bond acceptors (Lipinski definition) is 7. The van der Waals surface area contributed by atoms with Gasteiger partial charge in [-0.15, -0.1) is 12.4 Å². The number of para-hydroxylation sites is 1. The van der Waals surface area contributed by atoms with Crippen LogP contribution < -0.4 is 14.8 Å². The number of aromatic nitrogens is 4. The lowest BCUT2D eigenvalue weighted by Gasteiger charge is -2.13. The molecule has 0 saturated carbocycles. The normalized spacial score (nSPS) is 10.6. The molecule has 3 aromatic rings. The molecule has 1 aromatic heterocycles. The van der Waals surface area contributed by atoms with Gasteiger partial charge in [-0.2, -0.15) is 4.68 Å². The van der Waals surface area contributed by atoms with Gasteiger partial charge in [0, 0.05) is 19.6 Å². The van der Waals surface area contributed by atoms with Crippen LogP contribution in [0.5, 0.6) is 17.5 Å². The van der Waals surface area contributed by atoms with Crippen molar-refractivity contribution in [3.8, 4) is 23.2 Å². The number of likely N-dealkylation sites (N-methyl/N-ethyl adjacent to an activating group) is 1. The van der Waals surface area contributed by atoms with E-state index in [0.717, 1.165) is 30.9 Å². The summed E-state index contributed by atoms with van der Waals surface area (Å²) in [6.45, 7) is 2.66. The van der Waals surface area contributed by atoms with E-state index in [9.17, 15) is 0 Å². The summed E-state index contributed by atoms with van der Waals surface area (Å²) in [5.41, 5.74) is 1.93. The summed E-state index contributed by atoms with van der Waals surface area (Å²) in [4.78, 5) is 2.14. The Morgan fingerprint density at radius 1 is 1.07 bits per heavy atom. The van der Waals surface area contributed by atoms with Gasteiger partial charge in [-0.05, 0) is 54.4 Å². The summed E-state index contributed by atoms with van der Waals surface area (Å²) in [6.07, 6.45) is 0. The monoisotopic (exact) mass is 404 g/mol. The molecule has 0 aliphatic heterocycles. The Bertz CT molecular complexity index is 857. The molecule has 0 aliphatic rings. The number of ether oxygens (including phenoxy) is 2. The van der Waals surface area contributed by atoms with Crippen LogP contribution in [0.3, 0.4) is 0 Å². The van der Waals surface area contributed by atoms with Gasteiger partial charge in [-0.3, -0.25) is 0 Å². The highest BCUT2D eigenvalue weighted by Gasteiger charge is 2.14. The van der Waals surface area contributed by atoms with Crippen molar-refractivity contribution in [2.45, 2.75) is 6.54 Å². The lowest BCUT2D eigenvalue weighted by atomic mass is 10.2. The molecule has 0 aliphatic carbocycles. The second-order valence-corrected chi connectivity index (χ2v) is 6.28. The highest BCUT2D eigenvalue weighted by Crippen LogP contribution is 2.32. The molecule has 0 bridgehead atoms. The van der Waals surface area contributed by atoms with Gasteiger partial charge < -0.3 is 19.7 Å². The van der Waals surface area contributed by atoms with E-state index in [1.54, 1.807) is 7.11 Å². The molecule has 1 heterocycles. The Labute approximate surface area is 170 Å². The number of nitrogens with zero attached hydrogens (tertiary/aromatic N) is 5. The predicted octanol–water partition coefficient (Wildman–Crippen LogP) is 2.54. The zero-order chi connectivity index (χ0) is 19.1. The van der Waals surface area contributed by atoms with Crippen LogP contribution in [0.4, 0.5) is 0 Å². The Balaban J connectivity index is 0.00000280. The van der Waals surface area contributed by atoms with E-state index in [2.05, 4.69) is 39.8 Å². The number of tetrazole rings is 1. The molecule has 0 spiro atoms. The van der Waals surface area contributed by atoms with Crippen LogP contribution in [0, 0.1) is 0 Å². The molecule has 1 N–H and O–H groups in total. The maximum Gasteiger partial charge on any atom is 0.346 e. The lowest BCUT2D eigenvalue weighted by Crippen LogP contribution is -2.26. The van der Waals surface area contributed by atoms with E-state index < -0.39 is 0 Å². The van der Waals surface area contributed by atoms with Gasteiger partial charge in [0.15, 0.2) is 11.5 Å². The summed E-state index contributed by atoms with van der Waals surface area (Å²) in [5, 5.41) is 15.1. The molecule has 8 nitrogen and oxygen atoms in total. The smallest absolute Gasteiger partial charge is 0.346 e. The van der Waals surface area contributed by atoms with Crippen molar-refractivity contribution in [3.05, 3.63) is 54.1 Å². The molecule has 0 saturated heterocycles. The molecular weight excluding hydrogens is 380 g/mol. The van der Waals surface area contributed by atoms with Gasteiger partial charge in [0.1, 0.15) is 0 Å². The minimum absolute atomic E-state index is 0. The van der Waals surface area contributed by atoms with Crippen LogP contribution in [-0.2, 0) is 6.54 Å². The third-order valence-corrected chi connectivity index (χ3v) is 3.94. The zero-order valence-electron chi connectivity index (χ0n) is 16.2. The van der Waals surface area contributed by atoms with Crippen molar-refractivity contribution in [3.63, 3.8) is 0 Å². The van der Waals surface area contributed by atoms with Crippen LogP contribution in [-0.4, -0.2) is 59.4 Å². The minimum Gasteiger partial charge on any atom is -0.493 e. The molecule has 2 aromatic carbocycles. The average Bonchev–Trinajstić information content (AvgIpc) is 3.15. The molecule has 0 amide bonds. The summed E-state index contributed by atoms with van der Waals surface area (Å²) in [7, 11) is 5.73. The van der Waals surface area contributed by atoms with E-state index in [1.165, 1.54) is 4.68 Å². The number of rotatable bonds is 9. The predicted molar refractivity (Wildman–Crippen MR) is 110 cm³/mol. The van der Waals surface area contributed by atoms with Gasteiger partial charge >= 0.3 is 6.01 Å². The van der Waals surface area contributed by atoms with Gasteiger partial charge in [0.2, 0.25) is 0 Å². The lowest BCUT2D eigenvalue weighted by molar-refractivity contribution is 0.362. The second kappa shape index (κ2) is 10.6. The van der Waals surface area contributed by atoms with Crippen molar-refractivity contribution in [1.82, 2.24) is 30.4 Å². The first-order valence-electron chi connectivity index (χ1n) is 8.71. The van der Waals surface area contributed by atoms with Crippen molar-refractivity contribution >= 4 is 12.4 Å². The molecule has 28 heavy (non-hydrogen) atoms. The summed E-state index contributed by atoms with van der Waals surface area (Å²) in [5.74, 6) is 1.19. The molecular formula is C19H25ClN6O2. The Morgan fingerprint density at radius 3 is 2.57 bits per heavy atom. The van der Waals surface area contributed by atoms with Crippen molar-refractivity contribution in [2.24, 2.45) is 0 Å². The van der Waals surface area contributed by atoms with Gasteiger partial charge in [0.25, 0.3) is 0 Å². The van der Waals surface area contributed by atoms with Crippen molar-refractivity contribution in [2.75, 3.05) is 34.3 Å². The zero-order valence-corrected chi connectivity index (χ0v) is 17.0. The van der Waals surface area contributed by atoms with Crippen LogP contribution in [0.25, 0.3) is 5.69 Å². The molecule has 150 valence electrons. The third-order valence-electron chi connectivity index (χ3n) is 3.94. The summed E-state index contributed by atoms with van der Waals surface area (Å²) >= 11 is 0. The van der Waals surface area contributed by atoms with E-state index in [0.29, 0.717) is 11.5 Å². The SMILES string of the molecule is COc1cc(CNCCN(C)C)ccc1Oc1nnnn1-c1ccccc1.Cl. The Morgan fingerprint density at radius 2 is 1.86 bits per heavy atom. The fraction of sp³-hybridized carbons (Fsp3) is 0.316. The Kier molecular flexibility index (Phi) is 8.19. The fourth-order valence-electron chi connectivity index (χ4n) is 2.51. The second-order valence-electron chi connectivity index (χ2n) is 6.28. The fourth-order valence-corrected chi connectivity index (χ4v) is 2.51. The third kappa shape index (κ3) is 5.66. The number of hydrogen-bond donors (Lipinski definition) is 1. The van der Waals surface area contributed by atoms with Crippen LogP contribution in [0.2, 0.25) is 0 Å². The standard InChI is InChI=1S/C19H24N6O2.ClH/c1-24(2)12-11-20-14-15-9-10-17(18(13-15)26-3)27-19-21-22-23-25(19)16-7-5-4-6-8-16;/h4-10,13,20H,11-12,14H2,1-3H3;1H. The largest absolute Gasteiger partial charge is 0.493 e. The molecule has 0 fully saturated rings. The number of methoxy groups -OCH3 is 1. The number of halogens is 1. The molecule has 9 heteroatoms. The molecule has 0 unspecified atom stereocenters. The van der Waals surface area contributed by atoms with Crippen LogP contribution >= 0.6 is 12.4 Å². The first-order valence-corrected chi connectivity index (χ1v) is 8.71. The van der Waals surface area contributed by atoms with Crippen molar-refractivity contribution < 1.29 is 9.47 Å². The highest BCUT2D eigenvalue weighted by molar-refractivity contribution is 5.85. The number of benzene rings is 2. The van der Waals surface area contributed by atoms with Crippen LogP contribution in [0.1, 0.15) is 5.56 Å². The van der Waals surface area contributed by atoms with E-state index in [4.69, 9.17) is 9.47 Å². The molecule has 3 rings (SSSR count). The maximum absolute atomic E-state index is 5.91. The highest BCUT2D eigenvalue weighted by atomic mass is 35.5. The van der Waals surface area contributed by atoms with Gasteiger partial charge in [-0.25, -0.2) is 0 Å². The van der Waals surface area contributed by atoms with E-state index >= 15 is 0 Å². The summed E-state index contributed by atoms with van der Waals surface area (Å²) in [6, 6.07) is 15.7.